The number of nitrogens with zero attached hydrogens (tertiary/aromatic N) is 3. The van der Waals surface area contributed by atoms with E-state index < -0.39 is 10.8 Å². The van der Waals surface area contributed by atoms with E-state index in [1.54, 1.807) is 29.3 Å². The molecule has 0 saturated carbocycles. The van der Waals surface area contributed by atoms with Crippen LogP contribution in [0.15, 0.2) is 33.2 Å². The third-order valence-electron chi connectivity index (χ3n) is 2.55. The van der Waals surface area contributed by atoms with Gasteiger partial charge >= 0.3 is 0 Å². The SMILES string of the molecule is CCSc1ccnc(CS(=O)c2nc3cscc3[nH]2)n1. The molecule has 3 rings (SSSR count). The summed E-state index contributed by atoms with van der Waals surface area (Å²) in [5.74, 6) is 1.81. The monoisotopic (exact) mass is 324 g/mol. The Morgan fingerprint density at radius 3 is 3.10 bits per heavy atom. The van der Waals surface area contributed by atoms with Gasteiger partial charge in [0.05, 0.1) is 27.1 Å². The van der Waals surface area contributed by atoms with Crippen LogP contribution in [0.1, 0.15) is 12.7 Å². The van der Waals surface area contributed by atoms with E-state index in [1.165, 1.54) is 0 Å². The van der Waals surface area contributed by atoms with Crippen molar-refractivity contribution in [3.63, 3.8) is 0 Å². The molecule has 0 aliphatic rings. The second-order valence-corrected chi connectivity index (χ2v) is 7.34. The first-order valence-electron chi connectivity index (χ1n) is 6.01. The molecule has 20 heavy (non-hydrogen) atoms. The van der Waals surface area contributed by atoms with Gasteiger partial charge in [-0.3, -0.25) is 4.21 Å². The standard InChI is InChI=1S/C12H12N4OS3/c1-2-19-11-3-4-13-10(16-11)7-20(17)12-14-8-5-18-6-9(8)15-12/h3-6H,2,7H2,1H3,(H,14,15). The molecule has 8 heteroatoms. The molecule has 0 spiro atoms. The number of aromatic amines is 1. The average molecular weight is 324 g/mol. The van der Waals surface area contributed by atoms with Gasteiger partial charge in [0.15, 0.2) is 5.16 Å². The van der Waals surface area contributed by atoms with Crippen LogP contribution >= 0.6 is 23.1 Å². The second-order valence-electron chi connectivity index (χ2n) is 3.95. The molecule has 0 aliphatic carbocycles. The lowest BCUT2D eigenvalue weighted by molar-refractivity contribution is 0.675. The van der Waals surface area contributed by atoms with Crippen molar-refractivity contribution in [2.24, 2.45) is 0 Å². The number of H-pyrrole nitrogens is 1. The highest BCUT2D eigenvalue weighted by molar-refractivity contribution is 7.99. The van der Waals surface area contributed by atoms with Crippen molar-refractivity contribution < 1.29 is 4.21 Å². The lowest BCUT2D eigenvalue weighted by Crippen LogP contribution is -2.03. The van der Waals surface area contributed by atoms with Gasteiger partial charge in [0.1, 0.15) is 11.3 Å². The van der Waals surface area contributed by atoms with Crippen LogP contribution in [0.25, 0.3) is 11.0 Å². The molecule has 1 atom stereocenters. The van der Waals surface area contributed by atoms with Gasteiger partial charge in [0, 0.05) is 17.0 Å². The summed E-state index contributed by atoms with van der Waals surface area (Å²) < 4.78 is 12.3. The van der Waals surface area contributed by atoms with Gasteiger partial charge in [0.25, 0.3) is 0 Å². The van der Waals surface area contributed by atoms with Crippen molar-refractivity contribution >= 4 is 44.9 Å². The van der Waals surface area contributed by atoms with Gasteiger partial charge in [-0.2, -0.15) is 0 Å². The molecule has 104 valence electrons. The molecular weight excluding hydrogens is 312 g/mol. The molecule has 0 radical (unpaired) electrons. The summed E-state index contributed by atoms with van der Waals surface area (Å²) in [5, 5.41) is 5.29. The van der Waals surface area contributed by atoms with Crippen molar-refractivity contribution in [3.05, 3.63) is 28.8 Å². The largest absolute Gasteiger partial charge is 0.330 e. The van der Waals surface area contributed by atoms with Crippen molar-refractivity contribution in [2.45, 2.75) is 22.9 Å². The summed E-state index contributed by atoms with van der Waals surface area (Å²) in [6.07, 6.45) is 1.71. The van der Waals surface area contributed by atoms with E-state index >= 15 is 0 Å². The van der Waals surface area contributed by atoms with Crippen LogP contribution in [0, 0.1) is 0 Å². The van der Waals surface area contributed by atoms with Crippen LogP contribution in [-0.4, -0.2) is 29.9 Å². The Balaban J connectivity index is 1.78. The van der Waals surface area contributed by atoms with E-state index in [0.29, 0.717) is 11.0 Å². The summed E-state index contributed by atoms with van der Waals surface area (Å²) in [6.45, 7) is 2.07. The highest BCUT2D eigenvalue weighted by Gasteiger charge is 2.13. The maximum atomic E-state index is 12.3. The number of imidazole rings is 1. The first-order valence-corrected chi connectivity index (χ1v) is 9.26. The minimum Gasteiger partial charge on any atom is -0.330 e. The van der Waals surface area contributed by atoms with Gasteiger partial charge < -0.3 is 4.98 Å². The Morgan fingerprint density at radius 1 is 1.40 bits per heavy atom. The van der Waals surface area contributed by atoms with E-state index in [2.05, 4.69) is 26.9 Å². The Labute approximate surface area is 126 Å². The van der Waals surface area contributed by atoms with Crippen LogP contribution in [-0.2, 0) is 16.6 Å². The Morgan fingerprint density at radius 2 is 2.30 bits per heavy atom. The fourth-order valence-corrected chi connectivity index (χ4v) is 3.94. The molecule has 1 unspecified atom stereocenters. The minimum absolute atomic E-state index is 0.275. The van der Waals surface area contributed by atoms with Crippen LogP contribution in [0.5, 0.6) is 0 Å². The summed E-state index contributed by atoms with van der Waals surface area (Å²) >= 11 is 3.22. The number of hydrogen-bond acceptors (Lipinski definition) is 6. The molecule has 5 nitrogen and oxygen atoms in total. The number of hydrogen-bond donors (Lipinski definition) is 1. The Hall–Kier alpha value is -1.25. The lowest BCUT2D eigenvalue weighted by atomic mass is 10.5. The summed E-state index contributed by atoms with van der Waals surface area (Å²) in [6, 6.07) is 1.86. The first kappa shape index (κ1) is 13.7. The molecule has 3 heterocycles. The zero-order valence-corrected chi connectivity index (χ0v) is 13.1. The third-order valence-corrected chi connectivity index (χ3v) is 5.24. The summed E-state index contributed by atoms with van der Waals surface area (Å²) in [7, 11) is -1.25. The van der Waals surface area contributed by atoms with E-state index in [4.69, 9.17) is 0 Å². The molecular formula is C12H12N4OS3. The smallest absolute Gasteiger partial charge is 0.197 e. The molecule has 0 bridgehead atoms. The topological polar surface area (TPSA) is 71.5 Å². The average Bonchev–Trinajstić information content (AvgIpc) is 3.00. The number of thiophene rings is 1. The van der Waals surface area contributed by atoms with E-state index in [-0.39, 0.29) is 5.75 Å². The number of aromatic nitrogens is 4. The van der Waals surface area contributed by atoms with Crippen LogP contribution in [0.3, 0.4) is 0 Å². The third kappa shape index (κ3) is 2.92. The number of fused-ring (bicyclic) bond motifs is 1. The van der Waals surface area contributed by atoms with Crippen LogP contribution in [0.4, 0.5) is 0 Å². The zero-order valence-electron chi connectivity index (χ0n) is 10.7. The maximum Gasteiger partial charge on any atom is 0.197 e. The normalized spacial score (nSPS) is 12.8. The molecule has 0 fully saturated rings. The van der Waals surface area contributed by atoms with Crippen molar-refractivity contribution in [1.82, 2.24) is 19.9 Å². The van der Waals surface area contributed by atoms with Crippen LogP contribution in [0.2, 0.25) is 0 Å². The van der Waals surface area contributed by atoms with E-state index in [0.717, 1.165) is 21.8 Å². The van der Waals surface area contributed by atoms with Crippen molar-refractivity contribution in [2.75, 3.05) is 5.75 Å². The zero-order chi connectivity index (χ0) is 13.9. The number of rotatable bonds is 5. The highest BCUT2D eigenvalue weighted by atomic mass is 32.2. The molecule has 0 aromatic carbocycles. The fraction of sp³-hybridized carbons (Fsp3) is 0.250. The highest BCUT2D eigenvalue weighted by Crippen LogP contribution is 2.19. The van der Waals surface area contributed by atoms with E-state index in [1.807, 2.05) is 16.8 Å². The van der Waals surface area contributed by atoms with Crippen molar-refractivity contribution in [3.8, 4) is 0 Å². The van der Waals surface area contributed by atoms with Gasteiger partial charge in [-0.1, -0.05) is 6.92 Å². The lowest BCUT2D eigenvalue weighted by Gasteiger charge is -2.01. The fourth-order valence-electron chi connectivity index (χ4n) is 1.69. The predicted octanol–water partition coefficient (Wildman–Crippen LogP) is 2.83. The summed E-state index contributed by atoms with van der Waals surface area (Å²) in [5.41, 5.74) is 1.78. The quantitative estimate of drug-likeness (QED) is 0.577. The molecule has 0 saturated heterocycles. The van der Waals surface area contributed by atoms with Gasteiger partial charge in [-0.05, 0) is 11.8 Å². The number of nitrogens with one attached hydrogen (secondary N) is 1. The van der Waals surface area contributed by atoms with Crippen LogP contribution < -0.4 is 0 Å². The molecule has 0 amide bonds. The molecule has 3 aromatic rings. The van der Waals surface area contributed by atoms with Gasteiger partial charge in [-0.25, -0.2) is 15.0 Å². The van der Waals surface area contributed by atoms with Gasteiger partial charge in [-0.15, -0.1) is 23.1 Å². The van der Waals surface area contributed by atoms with E-state index in [9.17, 15) is 4.21 Å². The molecule has 3 aromatic heterocycles. The van der Waals surface area contributed by atoms with Crippen molar-refractivity contribution in [1.29, 1.82) is 0 Å². The molecule has 0 aliphatic heterocycles. The number of thioether (sulfide) groups is 1. The Kier molecular flexibility index (Phi) is 4.13. The van der Waals surface area contributed by atoms with Gasteiger partial charge in [0.2, 0.25) is 0 Å². The second kappa shape index (κ2) is 6.02. The maximum absolute atomic E-state index is 12.3. The first-order chi connectivity index (χ1) is 9.76. The predicted molar refractivity (Wildman–Crippen MR) is 82.5 cm³/mol. The molecule has 1 N–H and O–H groups in total. The minimum atomic E-state index is -1.25. The Bertz CT molecular complexity index is 723. The summed E-state index contributed by atoms with van der Waals surface area (Å²) in [4.78, 5) is 16.0.